The molecule has 1 aliphatic carbocycles. The van der Waals surface area contributed by atoms with Crippen LogP contribution in [0, 0.1) is 5.92 Å². The summed E-state index contributed by atoms with van der Waals surface area (Å²) in [4.78, 5) is 17.3. The van der Waals surface area contributed by atoms with E-state index in [1.165, 1.54) is 25.7 Å². The normalized spacial score (nSPS) is 19.3. The van der Waals surface area contributed by atoms with E-state index in [1.54, 1.807) is 0 Å². The maximum absolute atomic E-state index is 6.01. The summed E-state index contributed by atoms with van der Waals surface area (Å²) in [5.41, 5.74) is 0. The molecule has 98 valence electrons. The number of hydrogen-bond donors (Lipinski definition) is 0. The fourth-order valence-corrected chi connectivity index (χ4v) is 2.48. The van der Waals surface area contributed by atoms with Crippen LogP contribution < -0.4 is 9.80 Å². The fraction of sp³-hybridized carbons (Fsp3) is 0.750. The number of anilines is 2. The lowest BCUT2D eigenvalue weighted by Gasteiger charge is -2.20. The number of hydrogen-bond acceptors (Lipinski definition) is 5. The van der Waals surface area contributed by atoms with Gasteiger partial charge in [0.15, 0.2) is 0 Å². The molecule has 2 aliphatic rings. The molecule has 1 aromatic rings. The predicted molar refractivity (Wildman–Crippen MR) is 72.3 cm³/mol. The molecule has 0 spiro atoms. The van der Waals surface area contributed by atoms with Gasteiger partial charge in [-0.2, -0.15) is 15.0 Å². The van der Waals surface area contributed by atoms with Crippen LogP contribution in [0.2, 0.25) is 5.28 Å². The van der Waals surface area contributed by atoms with Crippen LogP contribution in [0.15, 0.2) is 0 Å². The molecule has 0 aromatic carbocycles. The van der Waals surface area contributed by atoms with Gasteiger partial charge in [0.05, 0.1) is 0 Å². The van der Waals surface area contributed by atoms with E-state index < -0.39 is 0 Å². The monoisotopic (exact) mass is 267 g/mol. The van der Waals surface area contributed by atoms with Crippen molar-refractivity contribution in [3.8, 4) is 0 Å². The highest BCUT2D eigenvalue weighted by Gasteiger charge is 2.25. The number of halogens is 1. The zero-order chi connectivity index (χ0) is 12.5. The molecule has 1 aliphatic heterocycles. The number of rotatable bonds is 4. The van der Waals surface area contributed by atoms with Gasteiger partial charge in [-0.25, -0.2) is 0 Å². The standard InChI is InChI=1S/C12H18ClN5/c1-17(8-9-4-5-9)11-14-10(13)15-12(16-11)18-6-2-3-7-18/h9H,2-8H2,1H3. The fourth-order valence-electron chi connectivity index (χ4n) is 2.33. The SMILES string of the molecule is CN(CC1CC1)c1nc(Cl)nc(N2CCCC2)n1. The third-order valence-corrected chi connectivity index (χ3v) is 3.71. The Morgan fingerprint density at radius 1 is 1.22 bits per heavy atom. The molecule has 3 rings (SSSR count). The van der Waals surface area contributed by atoms with Crippen molar-refractivity contribution in [1.82, 2.24) is 15.0 Å². The second-order valence-corrected chi connectivity index (χ2v) is 5.56. The van der Waals surface area contributed by atoms with Gasteiger partial charge < -0.3 is 9.80 Å². The Morgan fingerprint density at radius 3 is 2.61 bits per heavy atom. The van der Waals surface area contributed by atoms with Crippen LogP contribution in [0.1, 0.15) is 25.7 Å². The second-order valence-electron chi connectivity index (χ2n) is 5.22. The molecule has 0 unspecified atom stereocenters. The Kier molecular flexibility index (Phi) is 3.24. The van der Waals surface area contributed by atoms with Crippen molar-refractivity contribution in [1.29, 1.82) is 0 Å². The molecule has 6 heteroatoms. The number of aromatic nitrogens is 3. The van der Waals surface area contributed by atoms with Crippen LogP contribution >= 0.6 is 11.6 Å². The summed E-state index contributed by atoms with van der Waals surface area (Å²) >= 11 is 6.01. The molecule has 0 radical (unpaired) electrons. The summed E-state index contributed by atoms with van der Waals surface area (Å²) in [7, 11) is 2.03. The van der Waals surface area contributed by atoms with Gasteiger partial charge in [0.2, 0.25) is 17.2 Å². The minimum atomic E-state index is 0.296. The third kappa shape index (κ3) is 2.66. The average Bonchev–Trinajstić information content (AvgIpc) is 2.99. The second kappa shape index (κ2) is 4.88. The van der Waals surface area contributed by atoms with Crippen molar-refractivity contribution in [2.45, 2.75) is 25.7 Å². The highest BCUT2D eigenvalue weighted by atomic mass is 35.5. The van der Waals surface area contributed by atoms with E-state index in [9.17, 15) is 0 Å². The van der Waals surface area contributed by atoms with Gasteiger partial charge >= 0.3 is 0 Å². The molecular formula is C12H18ClN5. The van der Waals surface area contributed by atoms with Gasteiger partial charge in [0, 0.05) is 26.7 Å². The first-order valence-electron chi connectivity index (χ1n) is 6.60. The van der Waals surface area contributed by atoms with E-state index in [0.717, 1.165) is 31.5 Å². The van der Waals surface area contributed by atoms with E-state index in [1.807, 2.05) is 7.05 Å². The molecular weight excluding hydrogens is 250 g/mol. The van der Waals surface area contributed by atoms with E-state index in [-0.39, 0.29) is 0 Å². The minimum Gasteiger partial charge on any atom is -0.343 e. The zero-order valence-electron chi connectivity index (χ0n) is 10.6. The van der Waals surface area contributed by atoms with Gasteiger partial charge in [0.1, 0.15) is 0 Å². The highest BCUT2D eigenvalue weighted by molar-refractivity contribution is 6.28. The zero-order valence-corrected chi connectivity index (χ0v) is 11.4. The van der Waals surface area contributed by atoms with Gasteiger partial charge in [-0.05, 0) is 43.2 Å². The van der Waals surface area contributed by atoms with Gasteiger partial charge in [0.25, 0.3) is 0 Å². The van der Waals surface area contributed by atoms with Gasteiger partial charge in [-0.15, -0.1) is 0 Å². The minimum absolute atomic E-state index is 0.296. The Hall–Kier alpha value is -1.10. The molecule has 1 aromatic heterocycles. The number of nitrogens with zero attached hydrogens (tertiary/aromatic N) is 5. The summed E-state index contributed by atoms with van der Waals surface area (Å²) in [6.45, 7) is 3.05. The highest BCUT2D eigenvalue weighted by Crippen LogP contribution is 2.30. The quantitative estimate of drug-likeness (QED) is 0.835. The molecule has 0 N–H and O–H groups in total. The summed E-state index contributed by atoms with van der Waals surface area (Å²) in [6.07, 6.45) is 5.05. The lowest BCUT2D eigenvalue weighted by atomic mass is 10.4. The molecule has 2 heterocycles. The topological polar surface area (TPSA) is 45.2 Å². The van der Waals surface area contributed by atoms with Crippen molar-refractivity contribution >= 4 is 23.5 Å². The van der Waals surface area contributed by atoms with Crippen molar-refractivity contribution in [3.63, 3.8) is 0 Å². The van der Waals surface area contributed by atoms with Gasteiger partial charge in [-0.1, -0.05) is 0 Å². The van der Waals surface area contributed by atoms with Gasteiger partial charge in [-0.3, -0.25) is 0 Å². The lowest BCUT2D eigenvalue weighted by molar-refractivity contribution is 0.754. The smallest absolute Gasteiger partial charge is 0.231 e. The van der Waals surface area contributed by atoms with E-state index in [0.29, 0.717) is 11.2 Å². The Bertz CT molecular complexity index is 428. The van der Waals surface area contributed by atoms with Crippen LogP contribution in [0.3, 0.4) is 0 Å². The van der Waals surface area contributed by atoms with E-state index in [4.69, 9.17) is 11.6 Å². The van der Waals surface area contributed by atoms with E-state index >= 15 is 0 Å². The third-order valence-electron chi connectivity index (χ3n) is 3.54. The first-order chi connectivity index (χ1) is 8.72. The Labute approximate surface area is 112 Å². The van der Waals surface area contributed by atoms with Crippen LogP contribution in [0.5, 0.6) is 0 Å². The summed E-state index contributed by atoms with van der Waals surface area (Å²) in [5.74, 6) is 2.23. The van der Waals surface area contributed by atoms with E-state index in [2.05, 4.69) is 24.8 Å². The van der Waals surface area contributed by atoms with Crippen molar-refractivity contribution in [3.05, 3.63) is 5.28 Å². The lowest BCUT2D eigenvalue weighted by Crippen LogP contribution is -2.26. The van der Waals surface area contributed by atoms with Crippen LogP contribution in [0.25, 0.3) is 0 Å². The first kappa shape index (κ1) is 12.0. The maximum Gasteiger partial charge on any atom is 0.231 e. The molecule has 18 heavy (non-hydrogen) atoms. The van der Waals surface area contributed by atoms with Crippen molar-refractivity contribution in [2.75, 3.05) is 36.5 Å². The molecule has 1 saturated carbocycles. The summed E-state index contributed by atoms with van der Waals surface area (Å²) in [6, 6.07) is 0. The first-order valence-corrected chi connectivity index (χ1v) is 6.98. The maximum atomic E-state index is 6.01. The Balaban J connectivity index is 1.79. The molecule has 1 saturated heterocycles. The summed E-state index contributed by atoms with van der Waals surface area (Å²) in [5, 5.41) is 0.296. The average molecular weight is 268 g/mol. The van der Waals surface area contributed by atoms with Crippen LogP contribution in [0.4, 0.5) is 11.9 Å². The molecule has 5 nitrogen and oxygen atoms in total. The summed E-state index contributed by atoms with van der Waals surface area (Å²) < 4.78 is 0. The predicted octanol–water partition coefficient (Wildman–Crippen LogP) is 1.97. The van der Waals surface area contributed by atoms with Crippen LogP contribution in [-0.2, 0) is 0 Å². The largest absolute Gasteiger partial charge is 0.343 e. The van der Waals surface area contributed by atoms with Crippen molar-refractivity contribution in [2.24, 2.45) is 5.92 Å². The van der Waals surface area contributed by atoms with Crippen molar-refractivity contribution < 1.29 is 0 Å². The molecule has 0 atom stereocenters. The Morgan fingerprint density at radius 2 is 1.94 bits per heavy atom. The molecule has 2 fully saturated rings. The molecule has 0 bridgehead atoms. The molecule has 0 amide bonds. The van der Waals surface area contributed by atoms with Crippen LogP contribution in [-0.4, -0.2) is 41.6 Å².